The van der Waals surface area contributed by atoms with Crippen LogP contribution < -0.4 is 5.73 Å². The molecular weight excluding hydrogens is 174 g/mol. The molecule has 0 saturated heterocycles. The Morgan fingerprint density at radius 3 is 2.08 bits per heavy atom. The lowest BCUT2D eigenvalue weighted by molar-refractivity contribution is -0.387. The Hall–Kier alpha value is -1.10. The Bertz CT molecular complexity index is 311. The van der Waals surface area contributed by atoms with Gasteiger partial charge in [-0.05, 0) is 0 Å². The fraction of sp³-hybridized carbons (Fsp3) is 0.143. The van der Waals surface area contributed by atoms with Crippen molar-refractivity contribution < 1.29 is 23.3 Å². The van der Waals surface area contributed by atoms with Crippen LogP contribution in [0.25, 0.3) is 0 Å². The van der Waals surface area contributed by atoms with Gasteiger partial charge in [-0.1, -0.05) is 0 Å². The third-order valence-electron chi connectivity index (χ3n) is 1.46. The summed E-state index contributed by atoms with van der Waals surface area (Å²) in [5.41, 5.74) is 2.65. The normalized spacial score (nSPS) is 10.4. The summed E-state index contributed by atoms with van der Waals surface area (Å²) in [4.78, 5) is 0. The summed E-state index contributed by atoms with van der Waals surface area (Å²) in [6.07, 6.45) is 0. The molecule has 0 aromatic heterocycles. The second-order valence-corrected chi connectivity index (χ2v) is 2.20. The van der Waals surface area contributed by atoms with Crippen LogP contribution in [-0.2, 0) is 6.54 Å². The number of quaternary nitrogens is 1. The van der Waals surface area contributed by atoms with E-state index in [1.165, 1.54) is 0 Å². The molecular formula is C7H6F4N+. The molecule has 5 heteroatoms. The van der Waals surface area contributed by atoms with Gasteiger partial charge < -0.3 is 5.73 Å². The van der Waals surface area contributed by atoms with Gasteiger partial charge in [0, 0.05) is 6.07 Å². The first-order chi connectivity index (χ1) is 5.57. The first-order valence-corrected chi connectivity index (χ1v) is 3.19. The number of halogens is 4. The zero-order valence-corrected chi connectivity index (χ0v) is 6.00. The topological polar surface area (TPSA) is 27.6 Å². The molecule has 0 aliphatic carbocycles. The van der Waals surface area contributed by atoms with E-state index in [0.29, 0.717) is 6.07 Å². The van der Waals surface area contributed by atoms with Crippen LogP contribution in [0.5, 0.6) is 0 Å². The van der Waals surface area contributed by atoms with Crippen LogP contribution in [0.4, 0.5) is 17.6 Å². The summed E-state index contributed by atoms with van der Waals surface area (Å²) in [6, 6.07) is 0.304. The van der Waals surface area contributed by atoms with E-state index >= 15 is 0 Å². The largest absolute Gasteiger partial charge is 0.354 e. The molecule has 0 bridgehead atoms. The van der Waals surface area contributed by atoms with Crippen molar-refractivity contribution in [2.24, 2.45) is 0 Å². The van der Waals surface area contributed by atoms with E-state index < -0.39 is 28.8 Å². The van der Waals surface area contributed by atoms with Gasteiger partial charge in [0.15, 0.2) is 17.5 Å². The van der Waals surface area contributed by atoms with Crippen molar-refractivity contribution in [3.05, 3.63) is 34.9 Å². The van der Waals surface area contributed by atoms with E-state index in [0.717, 1.165) is 0 Å². The van der Waals surface area contributed by atoms with Crippen LogP contribution in [-0.4, -0.2) is 0 Å². The fourth-order valence-corrected chi connectivity index (χ4v) is 0.833. The molecule has 0 fully saturated rings. The number of benzene rings is 1. The van der Waals surface area contributed by atoms with Gasteiger partial charge in [-0.15, -0.1) is 0 Å². The van der Waals surface area contributed by atoms with Crippen LogP contribution in [0.3, 0.4) is 0 Å². The second kappa shape index (κ2) is 3.10. The van der Waals surface area contributed by atoms with Gasteiger partial charge in [0.1, 0.15) is 12.4 Å². The predicted octanol–water partition coefficient (Wildman–Crippen LogP) is 0.985. The molecule has 0 heterocycles. The molecule has 0 radical (unpaired) electrons. The minimum atomic E-state index is -1.66. The lowest BCUT2D eigenvalue weighted by Gasteiger charge is -2.01. The molecule has 1 aromatic carbocycles. The summed E-state index contributed by atoms with van der Waals surface area (Å²) >= 11 is 0. The SMILES string of the molecule is [NH3+]Cc1c(F)cc(F)c(F)c1F. The number of rotatable bonds is 1. The average Bonchev–Trinajstić information content (AvgIpc) is 2.01. The monoisotopic (exact) mass is 180 g/mol. The van der Waals surface area contributed by atoms with E-state index in [1.807, 2.05) is 0 Å². The van der Waals surface area contributed by atoms with Gasteiger partial charge in [-0.2, -0.15) is 0 Å². The maximum atomic E-state index is 12.6. The third-order valence-corrected chi connectivity index (χ3v) is 1.46. The lowest BCUT2D eigenvalue weighted by Crippen LogP contribution is -2.48. The van der Waals surface area contributed by atoms with E-state index in [-0.39, 0.29) is 6.54 Å². The number of hydrogen-bond donors (Lipinski definition) is 1. The lowest BCUT2D eigenvalue weighted by atomic mass is 10.2. The van der Waals surface area contributed by atoms with Crippen molar-refractivity contribution in [2.75, 3.05) is 0 Å². The van der Waals surface area contributed by atoms with Crippen molar-refractivity contribution in [1.29, 1.82) is 0 Å². The number of hydrogen-bond acceptors (Lipinski definition) is 0. The first-order valence-electron chi connectivity index (χ1n) is 3.19. The molecule has 0 saturated carbocycles. The van der Waals surface area contributed by atoms with Crippen molar-refractivity contribution in [2.45, 2.75) is 6.54 Å². The van der Waals surface area contributed by atoms with Crippen molar-refractivity contribution >= 4 is 0 Å². The van der Waals surface area contributed by atoms with Crippen LogP contribution in [0.1, 0.15) is 5.56 Å². The Morgan fingerprint density at radius 2 is 1.58 bits per heavy atom. The summed E-state index contributed by atoms with van der Waals surface area (Å²) < 4.78 is 49.9. The van der Waals surface area contributed by atoms with Gasteiger partial charge >= 0.3 is 0 Å². The van der Waals surface area contributed by atoms with Gasteiger partial charge in [0.05, 0.1) is 5.56 Å². The second-order valence-electron chi connectivity index (χ2n) is 2.20. The molecule has 0 aliphatic heterocycles. The molecule has 1 aromatic rings. The predicted molar refractivity (Wildman–Crippen MR) is 32.9 cm³/mol. The van der Waals surface area contributed by atoms with E-state index in [4.69, 9.17) is 0 Å². The van der Waals surface area contributed by atoms with Crippen LogP contribution in [0.15, 0.2) is 6.07 Å². The van der Waals surface area contributed by atoms with Crippen LogP contribution in [0, 0.1) is 23.3 Å². The smallest absolute Gasteiger partial charge is 0.195 e. The Balaban J connectivity index is 3.40. The minimum Gasteiger partial charge on any atom is -0.354 e. The fourth-order valence-electron chi connectivity index (χ4n) is 0.833. The molecule has 0 atom stereocenters. The quantitative estimate of drug-likeness (QED) is 0.379. The van der Waals surface area contributed by atoms with E-state index in [2.05, 4.69) is 5.73 Å². The molecule has 0 unspecified atom stereocenters. The molecule has 66 valence electrons. The molecule has 12 heavy (non-hydrogen) atoms. The zero-order chi connectivity index (χ0) is 9.30. The van der Waals surface area contributed by atoms with Gasteiger partial charge in [0.2, 0.25) is 0 Å². The molecule has 0 amide bonds. The molecule has 1 nitrogen and oxygen atoms in total. The van der Waals surface area contributed by atoms with E-state index in [1.54, 1.807) is 0 Å². The summed E-state index contributed by atoms with van der Waals surface area (Å²) in [5.74, 6) is -5.79. The standard InChI is InChI=1S/C7H5F4N/c8-4-1-5(9)7(11)6(10)3(4)2-12/h1H,2,12H2/p+1. The van der Waals surface area contributed by atoms with Crippen LogP contribution in [0.2, 0.25) is 0 Å². The molecule has 1 rings (SSSR count). The third kappa shape index (κ3) is 1.27. The average molecular weight is 180 g/mol. The van der Waals surface area contributed by atoms with Gasteiger partial charge in [0.25, 0.3) is 0 Å². The highest BCUT2D eigenvalue weighted by Gasteiger charge is 2.18. The first kappa shape index (κ1) is 8.99. The highest BCUT2D eigenvalue weighted by atomic mass is 19.2. The van der Waals surface area contributed by atoms with E-state index in [9.17, 15) is 17.6 Å². The van der Waals surface area contributed by atoms with Crippen LogP contribution >= 0.6 is 0 Å². The van der Waals surface area contributed by atoms with Crippen molar-refractivity contribution in [1.82, 2.24) is 0 Å². The van der Waals surface area contributed by atoms with Crippen molar-refractivity contribution in [3.8, 4) is 0 Å². The Labute approximate surface area is 65.8 Å². The summed E-state index contributed by atoms with van der Waals surface area (Å²) in [6.45, 7) is -0.255. The maximum Gasteiger partial charge on any atom is 0.195 e. The highest BCUT2D eigenvalue weighted by Crippen LogP contribution is 2.17. The Morgan fingerprint density at radius 1 is 1.00 bits per heavy atom. The van der Waals surface area contributed by atoms with Gasteiger partial charge in [-0.3, -0.25) is 0 Å². The molecule has 0 spiro atoms. The molecule has 3 N–H and O–H groups in total. The summed E-state index contributed by atoms with van der Waals surface area (Å²) in [7, 11) is 0. The minimum absolute atomic E-state index is 0.255. The Kier molecular flexibility index (Phi) is 2.32. The van der Waals surface area contributed by atoms with Gasteiger partial charge in [-0.25, -0.2) is 17.6 Å². The maximum absolute atomic E-state index is 12.6. The zero-order valence-electron chi connectivity index (χ0n) is 6.00. The summed E-state index contributed by atoms with van der Waals surface area (Å²) in [5, 5.41) is 0. The van der Waals surface area contributed by atoms with Crippen molar-refractivity contribution in [3.63, 3.8) is 0 Å². The highest BCUT2D eigenvalue weighted by molar-refractivity contribution is 5.21. The molecule has 0 aliphatic rings.